The lowest BCUT2D eigenvalue weighted by Gasteiger charge is -2.28. The van der Waals surface area contributed by atoms with E-state index >= 15 is 0 Å². The van der Waals surface area contributed by atoms with Gasteiger partial charge in [-0.05, 0) is 83.8 Å². The molecule has 5 heteroatoms. The summed E-state index contributed by atoms with van der Waals surface area (Å²) in [4.78, 5) is 11.8. The lowest BCUT2D eigenvalue weighted by molar-refractivity contribution is 0.205. The molecule has 4 rings (SSSR count). The summed E-state index contributed by atoms with van der Waals surface area (Å²) in [5, 5.41) is 0. The van der Waals surface area contributed by atoms with Crippen molar-refractivity contribution in [3.63, 3.8) is 0 Å². The zero-order chi connectivity index (χ0) is 20.9. The SMILES string of the molecule is CCn1c(-c2ccnc(OCCCCC3CCN(C)CC3)c2C)nc2ccccc21. The molecule has 0 aliphatic carbocycles. The van der Waals surface area contributed by atoms with Crippen LogP contribution in [0.1, 0.15) is 44.6 Å². The minimum atomic E-state index is 0.730. The van der Waals surface area contributed by atoms with Crippen molar-refractivity contribution in [2.75, 3.05) is 26.7 Å². The minimum Gasteiger partial charge on any atom is -0.477 e. The molecular weight excluding hydrogens is 372 g/mol. The topological polar surface area (TPSA) is 43.2 Å². The number of benzene rings is 1. The van der Waals surface area contributed by atoms with Crippen molar-refractivity contribution in [3.05, 3.63) is 42.1 Å². The molecule has 0 N–H and O–H groups in total. The van der Waals surface area contributed by atoms with E-state index in [4.69, 9.17) is 9.72 Å². The Labute approximate surface area is 180 Å². The van der Waals surface area contributed by atoms with Crippen molar-refractivity contribution in [3.8, 4) is 17.3 Å². The fraction of sp³-hybridized carbons (Fsp3) is 0.520. The summed E-state index contributed by atoms with van der Waals surface area (Å²) in [7, 11) is 2.23. The van der Waals surface area contributed by atoms with Crippen LogP contribution < -0.4 is 4.74 Å². The summed E-state index contributed by atoms with van der Waals surface area (Å²) in [6, 6.07) is 10.4. The zero-order valence-corrected chi connectivity index (χ0v) is 18.6. The van der Waals surface area contributed by atoms with E-state index in [1.807, 2.05) is 12.3 Å². The monoisotopic (exact) mass is 406 g/mol. The summed E-state index contributed by atoms with van der Waals surface area (Å²) in [6.07, 6.45) is 8.18. The van der Waals surface area contributed by atoms with Gasteiger partial charge in [0.1, 0.15) is 5.82 Å². The fourth-order valence-corrected chi connectivity index (χ4v) is 4.56. The molecule has 2 aromatic heterocycles. The number of fused-ring (bicyclic) bond motifs is 1. The van der Waals surface area contributed by atoms with Gasteiger partial charge in [-0.15, -0.1) is 0 Å². The molecule has 3 heterocycles. The lowest BCUT2D eigenvalue weighted by Crippen LogP contribution is -2.30. The number of likely N-dealkylation sites (tertiary alicyclic amines) is 1. The molecule has 0 amide bonds. The van der Waals surface area contributed by atoms with Crippen LogP contribution in [-0.2, 0) is 6.54 Å². The molecule has 0 atom stereocenters. The lowest BCUT2D eigenvalue weighted by atomic mass is 9.92. The number of hydrogen-bond donors (Lipinski definition) is 0. The smallest absolute Gasteiger partial charge is 0.216 e. The Bertz CT molecular complexity index is 972. The number of aryl methyl sites for hydroxylation is 1. The van der Waals surface area contributed by atoms with Gasteiger partial charge in [-0.25, -0.2) is 9.97 Å². The van der Waals surface area contributed by atoms with Crippen LogP contribution in [0.15, 0.2) is 36.5 Å². The fourth-order valence-electron chi connectivity index (χ4n) is 4.56. The van der Waals surface area contributed by atoms with Crippen LogP contribution in [0, 0.1) is 12.8 Å². The maximum absolute atomic E-state index is 6.10. The Morgan fingerprint density at radius 2 is 1.90 bits per heavy atom. The van der Waals surface area contributed by atoms with Gasteiger partial charge in [0.2, 0.25) is 5.88 Å². The van der Waals surface area contributed by atoms with Crippen molar-refractivity contribution < 1.29 is 4.74 Å². The molecule has 1 fully saturated rings. The summed E-state index contributed by atoms with van der Waals surface area (Å²) in [5.74, 6) is 2.62. The molecule has 160 valence electrons. The molecule has 3 aromatic rings. The highest BCUT2D eigenvalue weighted by Crippen LogP contribution is 2.30. The summed E-state index contributed by atoms with van der Waals surface area (Å²) < 4.78 is 8.36. The molecule has 0 unspecified atom stereocenters. The van der Waals surface area contributed by atoms with Gasteiger partial charge in [-0.3, -0.25) is 0 Å². The first-order chi connectivity index (χ1) is 14.7. The number of piperidine rings is 1. The van der Waals surface area contributed by atoms with Gasteiger partial charge < -0.3 is 14.2 Å². The second-order valence-corrected chi connectivity index (χ2v) is 8.55. The highest BCUT2D eigenvalue weighted by Gasteiger charge is 2.17. The van der Waals surface area contributed by atoms with Crippen molar-refractivity contribution in [1.29, 1.82) is 0 Å². The van der Waals surface area contributed by atoms with E-state index in [1.54, 1.807) is 0 Å². The second-order valence-electron chi connectivity index (χ2n) is 8.55. The van der Waals surface area contributed by atoms with Crippen LogP contribution in [0.4, 0.5) is 0 Å². The molecule has 0 bridgehead atoms. The van der Waals surface area contributed by atoms with Crippen LogP contribution in [0.2, 0.25) is 0 Å². The van der Waals surface area contributed by atoms with E-state index in [0.717, 1.165) is 53.8 Å². The average molecular weight is 407 g/mol. The molecule has 0 spiro atoms. The van der Waals surface area contributed by atoms with Crippen molar-refractivity contribution >= 4 is 11.0 Å². The van der Waals surface area contributed by atoms with Crippen molar-refractivity contribution in [1.82, 2.24) is 19.4 Å². The number of nitrogens with zero attached hydrogens (tertiary/aromatic N) is 4. The number of hydrogen-bond acceptors (Lipinski definition) is 4. The Morgan fingerprint density at radius 1 is 1.10 bits per heavy atom. The summed E-state index contributed by atoms with van der Waals surface area (Å²) in [6.45, 7) is 8.36. The highest BCUT2D eigenvalue weighted by molar-refractivity contribution is 5.81. The van der Waals surface area contributed by atoms with Crippen molar-refractivity contribution in [2.24, 2.45) is 5.92 Å². The molecule has 0 radical (unpaired) electrons. The van der Waals surface area contributed by atoms with Gasteiger partial charge in [0.15, 0.2) is 0 Å². The Hall–Kier alpha value is -2.40. The number of pyridine rings is 1. The Morgan fingerprint density at radius 3 is 2.70 bits per heavy atom. The van der Waals surface area contributed by atoms with Gasteiger partial charge in [0, 0.05) is 23.9 Å². The molecule has 1 aliphatic heterocycles. The number of unbranched alkanes of at least 4 members (excludes halogenated alkanes) is 1. The number of ether oxygens (including phenoxy) is 1. The first-order valence-corrected chi connectivity index (χ1v) is 11.4. The Balaban J connectivity index is 1.39. The highest BCUT2D eigenvalue weighted by atomic mass is 16.5. The Kier molecular flexibility index (Phi) is 6.68. The number of rotatable bonds is 8. The van der Waals surface area contributed by atoms with Crippen LogP contribution in [-0.4, -0.2) is 46.2 Å². The third-order valence-electron chi connectivity index (χ3n) is 6.45. The molecule has 1 aromatic carbocycles. The average Bonchev–Trinajstić information content (AvgIpc) is 3.14. The minimum absolute atomic E-state index is 0.730. The van der Waals surface area contributed by atoms with Crippen LogP contribution in [0.25, 0.3) is 22.4 Å². The molecule has 5 nitrogen and oxygen atoms in total. The van der Waals surface area contributed by atoms with E-state index in [-0.39, 0.29) is 0 Å². The van der Waals surface area contributed by atoms with Gasteiger partial charge in [-0.1, -0.05) is 18.6 Å². The van der Waals surface area contributed by atoms with Gasteiger partial charge in [0.25, 0.3) is 0 Å². The molecule has 0 saturated carbocycles. The predicted octanol–water partition coefficient (Wildman–Crippen LogP) is 5.32. The third-order valence-corrected chi connectivity index (χ3v) is 6.45. The van der Waals surface area contributed by atoms with Crippen LogP contribution >= 0.6 is 0 Å². The molecule has 1 saturated heterocycles. The van der Waals surface area contributed by atoms with Crippen LogP contribution in [0.3, 0.4) is 0 Å². The summed E-state index contributed by atoms with van der Waals surface area (Å²) in [5.41, 5.74) is 4.37. The van der Waals surface area contributed by atoms with Crippen molar-refractivity contribution in [2.45, 2.75) is 52.5 Å². The predicted molar refractivity (Wildman–Crippen MR) is 123 cm³/mol. The van der Waals surface area contributed by atoms with Gasteiger partial charge in [-0.2, -0.15) is 0 Å². The largest absolute Gasteiger partial charge is 0.477 e. The quantitative estimate of drug-likeness (QED) is 0.475. The zero-order valence-electron chi connectivity index (χ0n) is 18.6. The molecule has 1 aliphatic rings. The van der Waals surface area contributed by atoms with Gasteiger partial charge >= 0.3 is 0 Å². The van der Waals surface area contributed by atoms with E-state index in [9.17, 15) is 0 Å². The summed E-state index contributed by atoms with van der Waals surface area (Å²) >= 11 is 0. The van der Waals surface area contributed by atoms with E-state index < -0.39 is 0 Å². The number of imidazole rings is 1. The maximum Gasteiger partial charge on any atom is 0.216 e. The maximum atomic E-state index is 6.10. The van der Waals surface area contributed by atoms with E-state index in [0.29, 0.717) is 0 Å². The normalized spacial score (nSPS) is 15.7. The molecular formula is C25H34N4O. The third kappa shape index (κ3) is 4.51. The standard InChI is InChI=1S/C25H34N4O/c1-4-29-23-11-6-5-10-22(23)27-24(29)21-12-15-26-25(19(21)2)30-18-8-7-9-20-13-16-28(3)17-14-20/h5-6,10-12,15,20H,4,7-9,13-14,16-18H2,1-3H3. The van der Waals surface area contributed by atoms with E-state index in [1.165, 1.54) is 44.3 Å². The first kappa shape index (κ1) is 20.9. The van der Waals surface area contributed by atoms with Crippen LogP contribution in [0.5, 0.6) is 5.88 Å². The second kappa shape index (κ2) is 9.61. The number of aromatic nitrogens is 3. The van der Waals surface area contributed by atoms with Gasteiger partial charge in [0.05, 0.1) is 17.6 Å². The molecule has 30 heavy (non-hydrogen) atoms. The van der Waals surface area contributed by atoms with E-state index in [2.05, 4.69) is 59.6 Å². The first-order valence-electron chi connectivity index (χ1n) is 11.4. The number of para-hydroxylation sites is 2.